The molecular formula is C13H23NO4. The molecule has 2 aliphatic heterocycles. The van der Waals surface area contributed by atoms with Crippen molar-refractivity contribution in [3.8, 4) is 0 Å². The lowest BCUT2D eigenvalue weighted by molar-refractivity contribution is -0.149. The van der Waals surface area contributed by atoms with Crippen LogP contribution in [-0.4, -0.2) is 58.5 Å². The molecule has 0 radical (unpaired) electrons. The van der Waals surface area contributed by atoms with Crippen LogP contribution in [0.1, 0.15) is 39.0 Å². The number of carboxylic acid groups (broad SMARTS) is 1. The van der Waals surface area contributed by atoms with Gasteiger partial charge in [0.25, 0.3) is 0 Å². The van der Waals surface area contributed by atoms with Gasteiger partial charge in [0.1, 0.15) is 0 Å². The highest BCUT2D eigenvalue weighted by Gasteiger charge is 2.32. The lowest BCUT2D eigenvalue weighted by Gasteiger charge is -2.24. The third kappa shape index (κ3) is 3.67. The second kappa shape index (κ2) is 5.55. The van der Waals surface area contributed by atoms with Crippen LogP contribution >= 0.6 is 0 Å². The van der Waals surface area contributed by atoms with Crippen LogP contribution in [0.4, 0.5) is 0 Å². The second-order valence-electron chi connectivity index (χ2n) is 5.81. The molecule has 3 atom stereocenters. The highest BCUT2D eigenvalue weighted by Crippen LogP contribution is 2.24. The van der Waals surface area contributed by atoms with Gasteiger partial charge in [-0.25, -0.2) is 4.79 Å². The van der Waals surface area contributed by atoms with E-state index in [1.807, 2.05) is 6.92 Å². The maximum Gasteiger partial charge on any atom is 0.332 e. The number of aliphatic carboxylic acids is 1. The minimum Gasteiger partial charge on any atom is -0.479 e. The van der Waals surface area contributed by atoms with Gasteiger partial charge in [-0.2, -0.15) is 0 Å². The molecular weight excluding hydrogens is 234 g/mol. The Morgan fingerprint density at radius 2 is 2.17 bits per heavy atom. The van der Waals surface area contributed by atoms with Crippen molar-refractivity contribution in [1.29, 1.82) is 0 Å². The lowest BCUT2D eigenvalue weighted by Crippen LogP contribution is -2.35. The smallest absolute Gasteiger partial charge is 0.332 e. The molecule has 5 nitrogen and oxygen atoms in total. The van der Waals surface area contributed by atoms with Crippen molar-refractivity contribution in [1.82, 2.24) is 4.90 Å². The third-order valence-electron chi connectivity index (χ3n) is 4.00. The summed E-state index contributed by atoms with van der Waals surface area (Å²) in [7, 11) is 0. The maximum absolute atomic E-state index is 10.8. The average Bonchev–Trinajstić information content (AvgIpc) is 2.67. The molecule has 2 rings (SSSR count). The molecule has 2 heterocycles. The molecule has 2 fully saturated rings. The molecule has 0 bridgehead atoms. The Morgan fingerprint density at radius 3 is 2.83 bits per heavy atom. The Labute approximate surface area is 108 Å². The molecule has 0 aromatic heterocycles. The number of carboxylic acids is 1. The van der Waals surface area contributed by atoms with Crippen molar-refractivity contribution in [2.24, 2.45) is 0 Å². The van der Waals surface area contributed by atoms with Crippen LogP contribution in [-0.2, 0) is 9.53 Å². The molecule has 2 aliphatic rings. The molecule has 18 heavy (non-hydrogen) atoms. The van der Waals surface area contributed by atoms with Crippen molar-refractivity contribution in [3.05, 3.63) is 0 Å². The largest absolute Gasteiger partial charge is 0.479 e. The fourth-order valence-corrected chi connectivity index (χ4v) is 2.81. The van der Waals surface area contributed by atoms with Crippen LogP contribution in [0.3, 0.4) is 0 Å². The SMILES string of the molecule is CC1(O)CCCN(CC2CCC(C(=O)O)O2)CC1. The first-order chi connectivity index (χ1) is 8.46. The minimum atomic E-state index is -0.851. The first kappa shape index (κ1) is 13.8. The standard InChI is InChI=1S/C13H23NO4/c1-13(17)5-2-7-14(8-6-13)9-10-3-4-11(18-10)12(15)16/h10-11,17H,2-9H2,1H3,(H,15,16). The normalized spacial score (nSPS) is 38.6. The fourth-order valence-electron chi connectivity index (χ4n) is 2.81. The van der Waals surface area contributed by atoms with Crippen LogP contribution in [0.2, 0.25) is 0 Å². The number of likely N-dealkylation sites (tertiary alicyclic amines) is 1. The van der Waals surface area contributed by atoms with Gasteiger partial charge in [-0.1, -0.05) is 0 Å². The Balaban J connectivity index is 1.78. The number of ether oxygens (including phenoxy) is 1. The average molecular weight is 257 g/mol. The zero-order valence-electron chi connectivity index (χ0n) is 11.0. The molecule has 3 unspecified atom stereocenters. The molecule has 0 aliphatic carbocycles. The zero-order chi connectivity index (χ0) is 13.2. The number of rotatable bonds is 3. The molecule has 0 aromatic rings. The Hall–Kier alpha value is -0.650. The number of hydrogen-bond donors (Lipinski definition) is 2. The van der Waals surface area contributed by atoms with Gasteiger partial charge in [-0.15, -0.1) is 0 Å². The predicted octanol–water partition coefficient (Wildman–Crippen LogP) is 0.855. The summed E-state index contributed by atoms with van der Waals surface area (Å²) in [5.41, 5.74) is -0.547. The summed E-state index contributed by atoms with van der Waals surface area (Å²) in [5, 5.41) is 18.9. The molecule has 0 aromatic carbocycles. The van der Waals surface area contributed by atoms with Gasteiger partial charge in [0, 0.05) is 13.1 Å². The maximum atomic E-state index is 10.8. The third-order valence-corrected chi connectivity index (χ3v) is 4.00. The van der Waals surface area contributed by atoms with Crippen molar-refractivity contribution in [2.75, 3.05) is 19.6 Å². The van der Waals surface area contributed by atoms with E-state index >= 15 is 0 Å². The Morgan fingerprint density at radius 1 is 1.39 bits per heavy atom. The number of nitrogens with zero attached hydrogens (tertiary/aromatic N) is 1. The van der Waals surface area contributed by atoms with E-state index in [1.54, 1.807) is 0 Å². The van der Waals surface area contributed by atoms with Gasteiger partial charge in [0.2, 0.25) is 0 Å². The molecule has 104 valence electrons. The highest BCUT2D eigenvalue weighted by atomic mass is 16.5. The zero-order valence-corrected chi connectivity index (χ0v) is 11.0. The Bertz CT molecular complexity index is 305. The summed E-state index contributed by atoms with van der Waals surface area (Å²) in [5.74, 6) is -0.851. The van der Waals surface area contributed by atoms with Crippen LogP contribution in [0.5, 0.6) is 0 Å². The number of aliphatic hydroxyl groups is 1. The molecule has 2 N–H and O–H groups in total. The van der Waals surface area contributed by atoms with E-state index in [2.05, 4.69) is 4.90 Å². The monoisotopic (exact) mass is 257 g/mol. The number of hydrogen-bond acceptors (Lipinski definition) is 4. The van der Waals surface area contributed by atoms with Gasteiger partial charge < -0.3 is 19.8 Å². The second-order valence-corrected chi connectivity index (χ2v) is 5.81. The van der Waals surface area contributed by atoms with E-state index < -0.39 is 17.7 Å². The van der Waals surface area contributed by atoms with E-state index in [1.165, 1.54) is 0 Å². The van der Waals surface area contributed by atoms with E-state index in [-0.39, 0.29) is 6.10 Å². The minimum absolute atomic E-state index is 0.0362. The summed E-state index contributed by atoms with van der Waals surface area (Å²) >= 11 is 0. The summed E-state index contributed by atoms with van der Waals surface area (Å²) in [6.07, 6.45) is 3.46. The van der Waals surface area contributed by atoms with Gasteiger partial charge in [-0.05, 0) is 45.6 Å². The summed E-state index contributed by atoms with van der Waals surface area (Å²) in [6, 6.07) is 0. The molecule has 5 heteroatoms. The van der Waals surface area contributed by atoms with Crippen molar-refractivity contribution < 1.29 is 19.7 Å². The molecule has 2 saturated heterocycles. The Kier molecular flexibility index (Phi) is 4.25. The van der Waals surface area contributed by atoms with Crippen molar-refractivity contribution >= 4 is 5.97 Å². The lowest BCUT2D eigenvalue weighted by atomic mass is 9.98. The van der Waals surface area contributed by atoms with E-state index in [0.717, 1.165) is 45.3 Å². The van der Waals surface area contributed by atoms with E-state index in [0.29, 0.717) is 6.42 Å². The fraction of sp³-hybridized carbons (Fsp3) is 0.923. The predicted molar refractivity (Wildman–Crippen MR) is 66.4 cm³/mol. The van der Waals surface area contributed by atoms with Crippen LogP contribution in [0.15, 0.2) is 0 Å². The summed E-state index contributed by atoms with van der Waals surface area (Å²) < 4.78 is 5.51. The summed E-state index contributed by atoms with van der Waals surface area (Å²) in [4.78, 5) is 13.1. The topological polar surface area (TPSA) is 70.0 Å². The van der Waals surface area contributed by atoms with Crippen LogP contribution < -0.4 is 0 Å². The van der Waals surface area contributed by atoms with Gasteiger partial charge in [0.05, 0.1) is 11.7 Å². The van der Waals surface area contributed by atoms with Gasteiger partial charge in [0.15, 0.2) is 6.10 Å². The van der Waals surface area contributed by atoms with E-state index in [9.17, 15) is 9.90 Å². The van der Waals surface area contributed by atoms with Crippen LogP contribution in [0, 0.1) is 0 Å². The quantitative estimate of drug-likeness (QED) is 0.784. The summed E-state index contributed by atoms with van der Waals surface area (Å²) in [6.45, 7) is 4.52. The molecule has 0 saturated carbocycles. The first-order valence-electron chi connectivity index (χ1n) is 6.79. The van der Waals surface area contributed by atoms with Gasteiger partial charge in [-0.3, -0.25) is 0 Å². The highest BCUT2D eigenvalue weighted by molar-refractivity contribution is 5.72. The first-order valence-corrected chi connectivity index (χ1v) is 6.79. The molecule has 0 spiro atoms. The number of carbonyl (C=O) groups is 1. The molecule has 0 amide bonds. The van der Waals surface area contributed by atoms with Gasteiger partial charge >= 0.3 is 5.97 Å². The van der Waals surface area contributed by atoms with Crippen molar-refractivity contribution in [2.45, 2.75) is 56.8 Å². The van der Waals surface area contributed by atoms with Crippen LogP contribution in [0.25, 0.3) is 0 Å². The van der Waals surface area contributed by atoms with Crippen molar-refractivity contribution in [3.63, 3.8) is 0 Å². The van der Waals surface area contributed by atoms with E-state index in [4.69, 9.17) is 9.84 Å².